The number of piperazine rings is 1. The lowest BCUT2D eigenvalue weighted by molar-refractivity contribution is 0.162. The van der Waals surface area contributed by atoms with Gasteiger partial charge in [0.25, 0.3) is 0 Å². The van der Waals surface area contributed by atoms with Crippen molar-refractivity contribution in [1.29, 1.82) is 0 Å². The molecule has 2 bridgehead atoms. The predicted molar refractivity (Wildman–Crippen MR) is 51.2 cm³/mol. The Morgan fingerprint density at radius 2 is 2.25 bits per heavy atom. The van der Waals surface area contributed by atoms with Crippen LogP contribution >= 0.6 is 0 Å². The molecule has 2 aliphatic heterocycles. The van der Waals surface area contributed by atoms with E-state index in [1.54, 1.807) is 0 Å². The maximum atomic E-state index is 4.10. The van der Waals surface area contributed by atoms with E-state index in [0.29, 0.717) is 18.1 Å². The highest BCUT2D eigenvalue weighted by Gasteiger charge is 2.35. The number of rotatable bonds is 1. The molecule has 2 nitrogen and oxygen atoms in total. The number of nitrogens with zero attached hydrogens (tertiary/aromatic N) is 1. The fourth-order valence-electron chi connectivity index (χ4n) is 2.23. The Balaban J connectivity index is 2.05. The molecular formula is C10H18N2. The number of hydrogen-bond acceptors (Lipinski definition) is 2. The van der Waals surface area contributed by atoms with Crippen LogP contribution in [-0.4, -0.2) is 36.1 Å². The van der Waals surface area contributed by atoms with Crippen molar-refractivity contribution in [3.05, 3.63) is 12.2 Å². The van der Waals surface area contributed by atoms with Crippen LogP contribution in [0, 0.1) is 0 Å². The van der Waals surface area contributed by atoms with Crippen molar-refractivity contribution >= 4 is 0 Å². The highest BCUT2D eigenvalue weighted by Crippen LogP contribution is 2.24. The van der Waals surface area contributed by atoms with Crippen molar-refractivity contribution in [3.63, 3.8) is 0 Å². The van der Waals surface area contributed by atoms with Gasteiger partial charge in [0, 0.05) is 31.2 Å². The van der Waals surface area contributed by atoms with Crippen molar-refractivity contribution in [2.45, 2.75) is 38.4 Å². The lowest BCUT2D eigenvalue weighted by Crippen LogP contribution is -2.53. The molecule has 2 unspecified atom stereocenters. The maximum absolute atomic E-state index is 4.10. The zero-order valence-corrected chi connectivity index (χ0v) is 8.01. The summed E-state index contributed by atoms with van der Waals surface area (Å²) in [6.45, 7) is 11.0. The van der Waals surface area contributed by atoms with Crippen LogP contribution in [-0.2, 0) is 0 Å². The second kappa shape index (κ2) is 2.86. The lowest BCUT2D eigenvalue weighted by Gasteiger charge is -2.35. The van der Waals surface area contributed by atoms with Gasteiger partial charge >= 0.3 is 0 Å². The second-order valence-electron chi connectivity index (χ2n) is 4.33. The third kappa shape index (κ3) is 1.29. The van der Waals surface area contributed by atoms with Crippen molar-refractivity contribution < 1.29 is 0 Å². The van der Waals surface area contributed by atoms with E-state index in [0.717, 1.165) is 6.54 Å². The summed E-state index contributed by atoms with van der Waals surface area (Å²) in [6.07, 6.45) is 1.19. The molecule has 0 saturated carbocycles. The van der Waals surface area contributed by atoms with Gasteiger partial charge in [-0.25, -0.2) is 0 Å². The number of likely N-dealkylation sites (tertiary alicyclic amines) is 1. The molecule has 0 aromatic heterocycles. The molecule has 12 heavy (non-hydrogen) atoms. The van der Waals surface area contributed by atoms with Crippen LogP contribution in [0.2, 0.25) is 0 Å². The molecule has 0 aromatic carbocycles. The third-order valence-electron chi connectivity index (χ3n) is 3.04. The summed E-state index contributed by atoms with van der Waals surface area (Å²) < 4.78 is 0. The average Bonchev–Trinajstić information content (AvgIpc) is 2.26. The van der Waals surface area contributed by atoms with E-state index in [4.69, 9.17) is 0 Å². The molecule has 2 heterocycles. The lowest BCUT2D eigenvalue weighted by atomic mass is 10.1. The van der Waals surface area contributed by atoms with Crippen LogP contribution in [0.4, 0.5) is 0 Å². The van der Waals surface area contributed by atoms with E-state index in [1.807, 2.05) is 0 Å². The van der Waals surface area contributed by atoms with Gasteiger partial charge in [-0.2, -0.15) is 0 Å². The van der Waals surface area contributed by atoms with Crippen LogP contribution < -0.4 is 5.32 Å². The van der Waals surface area contributed by atoms with Gasteiger partial charge in [0.15, 0.2) is 0 Å². The molecule has 0 spiro atoms. The Bertz CT molecular complexity index is 198. The van der Waals surface area contributed by atoms with Gasteiger partial charge in [0.1, 0.15) is 0 Å². The molecule has 2 saturated heterocycles. The zero-order valence-electron chi connectivity index (χ0n) is 8.01. The fourth-order valence-corrected chi connectivity index (χ4v) is 2.23. The Morgan fingerprint density at radius 3 is 2.83 bits per heavy atom. The van der Waals surface area contributed by atoms with Crippen LogP contribution in [0.25, 0.3) is 0 Å². The zero-order chi connectivity index (χ0) is 8.72. The topological polar surface area (TPSA) is 15.3 Å². The second-order valence-corrected chi connectivity index (χ2v) is 4.33. The standard InChI is InChI=1S/C10H18N2/c1-7(2)12-5-9-4-8(3)10(6-12)11-9/h7,9-11H,3-6H2,1-2H3. The Kier molecular flexibility index (Phi) is 1.97. The monoisotopic (exact) mass is 166 g/mol. The van der Waals surface area contributed by atoms with Gasteiger partial charge in [-0.05, 0) is 20.3 Å². The van der Waals surface area contributed by atoms with Crippen molar-refractivity contribution in [3.8, 4) is 0 Å². The Labute approximate surface area is 74.6 Å². The summed E-state index contributed by atoms with van der Waals surface area (Å²) in [4.78, 5) is 2.55. The first-order valence-electron chi connectivity index (χ1n) is 4.84. The normalized spacial score (nSPS) is 36.4. The van der Waals surface area contributed by atoms with Crippen LogP contribution in [0.15, 0.2) is 12.2 Å². The molecule has 0 aromatic rings. The first-order chi connectivity index (χ1) is 5.66. The molecule has 2 atom stereocenters. The minimum atomic E-state index is 0.575. The molecule has 2 aliphatic rings. The molecule has 2 rings (SSSR count). The number of fused-ring (bicyclic) bond motifs is 2. The summed E-state index contributed by atoms with van der Waals surface area (Å²) >= 11 is 0. The van der Waals surface area contributed by atoms with Crippen molar-refractivity contribution in [2.75, 3.05) is 13.1 Å². The van der Waals surface area contributed by atoms with Gasteiger partial charge in [-0.1, -0.05) is 12.2 Å². The highest BCUT2D eigenvalue weighted by atomic mass is 15.2. The van der Waals surface area contributed by atoms with E-state index in [1.165, 1.54) is 18.5 Å². The van der Waals surface area contributed by atoms with Crippen LogP contribution in [0.1, 0.15) is 20.3 Å². The highest BCUT2D eigenvalue weighted by molar-refractivity contribution is 5.18. The molecule has 0 aliphatic carbocycles. The molecule has 2 heteroatoms. The van der Waals surface area contributed by atoms with Crippen molar-refractivity contribution in [2.24, 2.45) is 0 Å². The average molecular weight is 166 g/mol. The first kappa shape index (κ1) is 8.27. The van der Waals surface area contributed by atoms with Crippen LogP contribution in [0.3, 0.4) is 0 Å². The van der Waals surface area contributed by atoms with Gasteiger partial charge in [-0.15, -0.1) is 0 Å². The minimum absolute atomic E-state index is 0.575. The van der Waals surface area contributed by atoms with E-state index in [9.17, 15) is 0 Å². The fraction of sp³-hybridized carbons (Fsp3) is 0.800. The van der Waals surface area contributed by atoms with E-state index < -0.39 is 0 Å². The SMILES string of the molecule is C=C1CC2CN(C(C)C)CC1N2. The third-order valence-corrected chi connectivity index (χ3v) is 3.04. The van der Waals surface area contributed by atoms with Gasteiger partial charge in [-0.3, -0.25) is 4.90 Å². The molecule has 68 valence electrons. The van der Waals surface area contributed by atoms with E-state index >= 15 is 0 Å². The number of hydrogen-bond donors (Lipinski definition) is 1. The quantitative estimate of drug-likeness (QED) is 0.585. The Morgan fingerprint density at radius 1 is 1.50 bits per heavy atom. The molecular weight excluding hydrogens is 148 g/mol. The summed E-state index contributed by atoms with van der Waals surface area (Å²) in [7, 11) is 0. The predicted octanol–water partition coefficient (Wildman–Crippen LogP) is 0.997. The van der Waals surface area contributed by atoms with Gasteiger partial charge < -0.3 is 5.32 Å². The smallest absolute Gasteiger partial charge is 0.0409 e. The first-order valence-corrected chi connectivity index (χ1v) is 4.84. The van der Waals surface area contributed by atoms with E-state index in [2.05, 4.69) is 30.6 Å². The summed E-state index contributed by atoms with van der Waals surface area (Å²) in [5.41, 5.74) is 1.41. The molecule has 0 radical (unpaired) electrons. The largest absolute Gasteiger partial charge is 0.305 e. The number of nitrogens with one attached hydrogen (secondary N) is 1. The molecule has 1 N–H and O–H groups in total. The van der Waals surface area contributed by atoms with Crippen LogP contribution in [0.5, 0.6) is 0 Å². The van der Waals surface area contributed by atoms with Gasteiger partial charge in [0.05, 0.1) is 0 Å². The summed E-state index contributed by atoms with van der Waals surface area (Å²) in [6, 6.07) is 1.94. The molecule has 2 fully saturated rings. The minimum Gasteiger partial charge on any atom is -0.305 e. The summed E-state index contributed by atoms with van der Waals surface area (Å²) in [5.74, 6) is 0. The van der Waals surface area contributed by atoms with E-state index in [-0.39, 0.29) is 0 Å². The summed E-state index contributed by atoms with van der Waals surface area (Å²) in [5, 5.41) is 3.58. The maximum Gasteiger partial charge on any atom is 0.0409 e. The van der Waals surface area contributed by atoms with Gasteiger partial charge in [0.2, 0.25) is 0 Å². The van der Waals surface area contributed by atoms with Crippen molar-refractivity contribution in [1.82, 2.24) is 10.2 Å². The molecule has 0 amide bonds. The Hall–Kier alpha value is -0.340.